The summed E-state index contributed by atoms with van der Waals surface area (Å²) in [5, 5.41) is 0. The van der Waals surface area contributed by atoms with E-state index < -0.39 is 0 Å². The van der Waals surface area contributed by atoms with Gasteiger partial charge in [0.2, 0.25) is 0 Å². The predicted octanol–water partition coefficient (Wildman–Crippen LogP) is 22.2. The minimum atomic E-state index is 0.0654. The number of allylic oxidation sites excluding steroid dienone is 8. The lowest BCUT2D eigenvalue weighted by Crippen LogP contribution is -2.26. The molecule has 0 nitrogen and oxygen atoms in total. The molecule has 0 atom stereocenters. The van der Waals surface area contributed by atoms with Crippen LogP contribution in [0.4, 0.5) is 0 Å². The second kappa shape index (κ2) is 27.7. The third-order valence-electron chi connectivity index (χ3n) is 16.0. The lowest BCUT2D eigenvalue weighted by molar-refractivity contribution is 0.396. The third-order valence-corrected chi connectivity index (χ3v) is 16.0. The highest BCUT2D eigenvalue weighted by Crippen LogP contribution is 2.55. The minimum Gasteiger partial charge on any atom is -0.0679 e. The van der Waals surface area contributed by atoms with Crippen molar-refractivity contribution in [3.05, 3.63) is 123 Å². The first-order chi connectivity index (χ1) is 32.0. The molecule has 0 amide bonds. The first-order valence-corrected chi connectivity index (χ1v) is 28.1. The number of hydrogen-bond donors (Lipinski definition) is 0. The molecule has 0 spiro atoms. The van der Waals surface area contributed by atoms with E-state index in [2.05, 4.69) is 170 Å². The SMILES string of the molecule is CCCCCCCCCCCCC1(CCCCCCCCCCCC)c2cc(/C(C)=C/C=C(\CCC)c3ccc(/C(C)=C/C=C(\C)C(C)(C)C)c(C)c3C)ccc2-c2ccc(C(C)(C)C)cc21. The van der Waals surface area contributed by atoms with Crippen LogP contribution in [0.3, 0.4) is 0 Å². The van der Waals surface area contributed by atoms with Gasteiger partial charge in [0.1, 0.15) is 0 Å². The van der Waals surface area contributed by atoms with Gasteiger partial charge in [0, 0.05) is 5.41 Å². The van der Waals surface area contributed by atoms with Crippen molar-refractivity contribution in [3.63, 3.8) is 0 Å². The van der Waals surface area contributed by atoms with Crippen molar-refractivity contribution in [3.8, 4) is 11.1 Å². The molecule has 0 radical (unpaired) electrons. The molecule has 0 heteroatoms. The Bertz CT molecular complexity index is 2070. The molecule has 4 rings (SSSR count). The van der Waals surface area contributed by atoms with E-state index in [1.54, 1.807) is 11.1 Å². The van der Waals surface area contributed by atoms with Gasteiger partial charge in [-0.2, -0.15) is 0 Å². The smallest absolute Gasteiger partial charge is 0.0215 e. The number of unbranched alkanes of at least 4 members (excludes halogenated alkanes) is 18. The van der Waals surface area contributed by atoms with Gasteiger partial charge in [-0.15, -0.1) is 0 Å². The zero-order valence-corrected chi connectivity index (χ0v) is 46.4. The molecule has 1 aliphatic carbocycles. The van der Waals surface area contributed by atoms with Crippen molar-refractivity contribution in [2.24, 2.45) is 5.41 Å². The molecule has 3 aromatic rings. The van der Waals surface area contributed by atoms with E-state index in [1.807, 2.05) is 0 Å². The van der Waals surface area contributed by atoms with Crippen molar-refractivity contribution in [2.45, 2.75) is 262 Å². The van der Waals surface area contributed by atoms with Crippen molar-refractivity contribution < 1.29 is 0 Å². The summed E-state index contributed by atoms with van der Waals surface area (Å²) in [4.78, 5) is 0. The van der Waals surface area contributed by atoms with Crippen LogP contribution in [0.15, 0.2) is 78.4 Å². The van der Waals surface area contributed by atoms with Gasteiger partial charge >= 0.3 is 0 Å². The normalized spacial score (nSPS) is 14.5. The highest BCUT2D eigenvalue weighted by Gasteiger charge is 2.43. The largest absolute Gasteiger partial charge is 0.0679 e. The highest BCUT2D eigenvalue weighted by atomic mass is 14.5. The van der Waals surface area contributed by atoms with Crippen molar-refractivity contribution >= 4 is 16.7 Å². The Morgan fingerprint density at radius 1 is 0.463 bits per heavy atom. The fourth-order valence-electron chi connectivity index (χ4n) is 10.8. The molecule has 67 heavy (non-hydrogen) atoms. The molecule has 0 N–H and O–H groups in total. The Kier molecular flexibility index (Phi) is 23.3. The molecule has 1 aliphatic rings. The molecule has 0 heterocycles. The number of benzene rings is 3. The lowest BCUT2D eigenvalue weighted by Gasteiger charge is -2.34. The van der Waals surface area contributed by atoms with Gasteiger partial charge in [0.15, 0.2) is 0 Å². The summed E-state index contributed by atoms with van der Waals surface area (Å²) >= 11 is 0. The van der Waals surface area contributed by atoms with Crippen molar-refractivity contribution in [1.29, 1.82) is 0 Å². The quantitative estimate of drug-likeness (QED) is 0.0481. The summed E-state index contributed by atoms with van der Waals surface area (Å²) in [6, 6.07) is 20.0. The zero-order chi connectivity index (χ0) is 49.0. The summed E-state index contributed by atoms with van der Waals surface area (Å²) in [6.07, 6.45) is 41.9. The summed E-state index contributed by atoms with van der Waals surface area (Å²) in [6.45, 7) is 32.6. The van der Waals surface area contributed by atoms with Crippen molar-refractivity contribution in [1.82, 2.24) is 0 Å². The summed E-state index contributed by atoms with van der Waals surface area (Å²) in [7, 11) is 0. The Morgan fingerprint density at radius 2 is 0.910 bits per heavy atom. The number of rotatable bonds is 29. The van der Waals surface area contributed by atoms with Gasteiger partial charge in [0.25, 0.3) is 0 Å². The monoisotopic (exact) mass is 907 g/mol. The first kappa shape index (κ1) is 56.2. The van der Waals surface area contributed by atoms with E-state index in [0.29, 0.717) is 0 Å². The maximum Gasteiger partial charge on any atom is 0.0215 e. The van der Waals surface area contributed by atoms with E-state index in [1.165, 1.54) is 208 Å². The fourth-order valence-corrected chi connectivity index (χ4v) is 10.8. The summed E-state index contributed by atoms with van der Waals surface area (Å²) in [5.41, 5.74) is 20.6. The number of hydrogen-bond acceptors (Lipinski definition) is 0. The molecule has 370 valence electrons. The topological polar surface area (TPSA) is 0 Å². The van der Waals surface area contributed by atoms with Gasteiger partial charge in [-0.05, 0) is 143 Å². The van der Waals surface area contributed by atoms with Crippen LogP contribution in [0.5, 0.6) is 0 Å². The molecule has 3 aromatic carbocycles. The van der Waals surface area contributed by atoms with Crippen LogP contribution in [0.2, 0.25) is 0 Å². The van der Waals surface area contributed by atoms with E-state index in [-0.39, 0.29) is 16.2 Å². The predicted molar refractivity (Wildman–Crippen MR) is 304 cm³/mol. The Labute approximate surface area is 416 Å². The van der Waals surface area contributed by atoms with E-state index in [0.717, 1.165) is 12.8 Å². The maximum absolute atomic E-state index is 2.67. The average Bonchev–Trinajstić information content (AvgIpc) is 3.56. The summed E-state index contributed by atoms with van der Waals surface area (Å²) < 4.78 is 0. The molecule has 0 saturated heterocycles. The standard InChI is InChI=1S/C67H102/c1-15-18-20-22-24-26-28-30-32-34-47-67(48-35-33-31-29-27-25-23-21-19-16-2)63-49-57(41-43-61(63)62-44-42-58(50-64(62)67)66(12,13)14)51(4)38-40-56(36-17-3)60-46-45-59(54(7)55(60)8)52(5)37-39-53(6)65(9,10)11/h37-46,49-50H,15-36,47-48H2,1-14H3/b51-38+,52-37+,53-39+,56-40+. The van der Waals surface area contributed by atoms with Gasteiger partial charge in [0.05, 0.1) is 0 Å². The molecule has 0 aromatic heterocycles. The van der Waals surface area contributed by atoms with Crippen LogP contribution >= 0.6 is 0 Å². The number of fused-ring (bicyclic) bond motifs is 3. The molecule has 0 unspecified atom stereocenters. The van der Waals surface area contributed by atoms with Gasteiger partial charge in [-0.1, -0.05) is 269 Å². The lowest BCUT2D eigenvalue weighted by atomic mass is 9.69. The maximum atomic E-state index is 2.67. The van der Waals surface area contributed by atoms with Crippen LogP contribution in [-0.4, -0.2) is 0 Å². The Hall–Kier alpha value is -3.38. The molecular weight excluding hydrogens is 805 g/mol. The molecule has 0 aliphatic heterocycles. The average molecular weight is 908 g/mol. The van der Waals surface area contributed by atoms with E-state index in [9.17, 15) is 0 Å². The van der Waals surface area contributed by atoms with Gasteiger partial charge in [-0.25, -0.2) is 0 Å². The molecule has 0 fully saturated rings. The third kappa shape index (κ3) is 16.4. The van der Waals surface area contributed by atoms with Crippen LogP contribution in [0, 0.1) is 19.3 Å². The second-order valence-electron chi connectivity index (χ2n) is 23.4. The molecular formula is C67H102. The Balaban J connectivity index is 1.70. The summed E-state index contributed by atoms with van der Waals surface area (Å²) in [5.74, 6) is 0. The molecule has 0 bridgehead atoms. The van der Waals surface area contributed by atoms with Crippen LogP contribution in [0.25, 0.3) is 27.8 Å². The van der Waals surface area contributed by atoms with Crippen LogP contribution < -0.4 is 0 Å². The second-order valence-corrected chi connectivity index (χ2v) is 23.4. The first-order valence-electron chi connectivity index (χ1n) is 28.1. The Morgan fingerprint density at radius 3 is 1.40 bits per heavy atom. The van der Waals surface area contributed by atoms with Gasteiger partial charge < -0.3 is 0 Å². The van der Waals surface area contributed by atoms with E-state index in [4.69, 9.17) is 0 Å². The van der Waals surface area contributed by atoms with Gasteiger partial charge in [-0.3, -0.25) is 0 Å². The van der Waals surface area contributed by atoms with Crippen LogP contribution in [-0.2, 0) is 10.8 Å². The van der Waals surface area contributed by atoms with Crippen LogP contribution in [0.1, 0.15) is 282 Å². The minimum absolute atomic E-state index is 0.0654. The molecule has 0 saturated carbocycles. The zero-order valence-electron chi connectivity index (χ0n) is 46.4. The fraction of sp³-hybridized carbons (Fsp3) is 0.612. The van der Waals surface area contributed by atoms with Crippen molar-refractivity contribution in [2.75, 3.05) is 0 Å². The van der Waals surface area contributed by atoms with E-state index >= 15 is 0 Å². The highest BCUT2D eigenvalue weighted by molar-refractivity contribution is 5.84.